The van der Waals surface area contributed by atoms with Crippen LogP contribution in [0.5, 0.6) is 0 Å². The van der Waals surface area contributed by atoms with Crippen molar-refractivity contribution in [2.24, 2.45) is 0 Å². The van der Waals surface area contributed by atoms with Gasteiger partial charge in [-0.2, -0.15) is 0 Å². The molecule has 0 saturated carbocycles. The molecule has 2 N–H and O–H groups in total. The number of fused-ring (bicyclic) bond motifs is 1. The summed E-state index contributed by atoms with van der Waals surface area (Å²) in [5.41, 5.74) is 2.60. The quantitative estimate of drug-likeness (QED) is 0.723. The molecule has 1 aromatic carbocycles. The smallest absolute Gasteiger partial charge is 0.0741 e. The van der Waals surface area contributed by atoms with Gasteiger partial charge in [-0.25, -0.2) is 0 Å². The Morgan fingerprint density at radius 1 is 1.21 bits per heavy atom. The van der Waals surface area contributed by atoms with Gasteiger partial charge in [0.1, 0.15) is 0 Å². The maximum absolute atomic E-state index is 10.3. The molecular formula is C17H27NO. The second kappa shape index (κ2) is 7.54. The number of para-hydroxylation sites is 1. The van der Waals surface area contributed by atoms with Gasteiger partial charge in [-0.05, 0) is 30.9 Å². The number of aryl methyl sites for hydroxylation is 1. The van der Waals surface area contributed by atoms with E-state index in [1.807, 2.05) is 0 Å². The van der Waals surface area contributed by atoms with Gasteiger partial charge in [-0.3, -0.25) is 0 Å². The Bertz CT molecular complexity index is 377. The molecule has 1 aliphatic heterocycles. The zero-order chi connectivity index (χ0) is 13.5. The highest BCUT2D eigenvalue weighted by molar-refractivity contribution is 5.53. The summed E-state index contributed by atoms with van der Waals surface area (Å²) in [6.45, 7) is 2.23. The predicted octanol–water partition coefficient (Wildman–Crippen LogP) is 4.13. The molecule has 1 aromatic rings. The van der Waals surface area contributed by atoms with Crippen LogP contribution in [0.25, 0.3) is 0 Å². The molecule has 2 unspecified atom stereocenters. The first kappa shape index (κ1) is 14.4. The highest BCUT2D eigenvalue weighted by atomic mass is 16.3. The number of aliphatic hydroxyl groups is 1. The van der Waals surface area contributed by atoms with Gasteiger partial charge in [0.2, 0.25) is 0 Å². The zero-order valence-corrected chi connectivity index (χ0v) is 12.1. The summed E-state index contributed by atoms with van der Waals surface area (Å²) in [4.78, 5) is 0. The molecule has 0 amide bonds. The minimum Gasteiger partial charge on any atom is -0.391 e. The van der Waals surface area contributed by atoms with Crippen molar-refractivity contribution >= 4 is 5.69 Å². The van der Waals surface area contributed by atoms with E-state index in [1.165, 1.54) is 36.9 Å². The Hall–Kier alpha value is -1.02. The Balaban J connectivity index is 1.74. The zero-order valence-electron chi connectivity index (χ0n) is 12.1. The Kier molecular flexibility index (Phi) is 5.71. The van der Waals surface area contributed by atoms with E-state index in [9.17, 15) is 5.11 Å². The average Bonchev–Trinajstić information content (AvgIpc) is 2.46. The van der Waals surface area contributed by atoms with Crippen LogP contribution in [0.2, 0.25) is 0 Å². The van der Waals surface area contributed by atoms with E-state index in [4.69, 9.17) is 0 Å². The fraction of sp³-hybridized carbons (Fsp3) is 0.647. The van der Waals surface area contributed by atoms with Gasteiger partial charge in [0.05, 0.1) is 12.1 Å². The van der Waals surface area contributed by atoms with Gasteiger partial charge in [-0.15, -0.1) is 0 Å². The molecule has 19 heavy (non-hydrogen) atoms. The van der Waals surface area contributed by atoms with Crippen LogP contribution in [-0.4, -0.2) is 17.3 Å². The van der Waals surface area contributed by atoms with Crippen molar-refractivity contribution in [2.75, 3.05) is 5.32 Å². The number of unbranched alkanes of at least 4 members (excludes halogenated alkanes) is 4. The van der Waals surface area contributed by atoms with E-state index in [0.717, 1.165) is 25.7 Å². The lowest BCUT2D eigenvalue weighted by atomic mass is 9.92. The molecule has 1 heterocycles. The van der Waals surface area contributed by atoms with Crippen LogP contribution in [0.15, 0.2) is 24.3 Å². The van der Waals surface area contributed by atoms with E-state index < -0.39 is 0 Å². The molecule has 0 spiro atoms. The van der Waals surface area contributed by atoms with Crippen molar-refractivity contribution in [1.82, 2.24) is 0 Å². The average molecular weight is 261 g/mol. The largest absolute Gasteiger partial charge is 0.391 e. The third-order valence-electron chi connectivity index (χ3n) is 4.15. The topological polar surface area (TPSA) is 32.3 Å². The first-order chi connectivity index (χ1) is 9.31. The molecule has 106 valence electrons. The Morgan fingerprint density at radius 2 is 2.00 bits per heavy atom. The molecule has 0 radical (unpaired) electrons. The molecule has 2 nitrogen and oxygen atoms in total. The molecule has 0 bridgehead atoms. The first-order valence-corrected chi connectivity index (χ1v) is 7.83. The summed E-state index contributed by atoms with van der Waals surface area (Å²) in [6.07, 6.45) is 9.20. The fourth-order valence-electron chi connectivity index (χ4n) is 2.91. The maximum atomic E-state index is 10.3. The van der Waals surface area contributed by atoms with E-state index in [-0.39, 0.29) is 12.1 Å². The summed E-state index contributed by atoms with van der Waals surface area (Å²) in [7, 11) is 0. The number of hydrogen-bond donors (Lipinski definition) is 2. The van der Waals surface area contributed by atoms with Gasteiger partial charge in [-0.1, -0.05) is 57.2 Å². The maximum Gasteiger partial charge on any atom is 0.0741 e. The summed E-state index contributed by atoms with van der Waals surface area (Å²) in [5.74, 6) is 0. The third-order valence-corrected chi connectivity index (χ3v) is 4.15. The van der Waals surface area contributed by atoms with Crippen LogP contribution < -0.4 is 5.32 Å². The van der Waals surface area contributed by atoms with E-state index in [0.29, 0.717) is 0 Å². The van der Waals surface area contributed by atoms with Gasteiger partial charge in [0.15, 0.2) is 0 Å². The predicted molar refractivity (Wildman–Crippen MR) is 81.6 cm³/mol. The molecule has 2 atom stereocenters. The number of rotatable bonds is 7. The minimum atomic E-state index is -0.199. The van der Waals surface area contributed by atoms with Crippen molar-refractivity contribution in [1.29, 1.82) is 0 Å². The molecule has 0 fully saturated rings. The summed E-state index contributed by atoms with van der Waals surface area (Å²) >= 11 is 0. The number of benzene rings is 1. The van der Waals surface area contributed by atoms with E-state index >= 15 is 0 Å². The lowest BCUT2D eigenvalue weighted by Gasteiger charge is -2.30. The number of aliphatic hydroxyl groups excluding tert-OH is 1. The Labute approximate surface area is 117 Å². The van der Waals surface area contributed by atoms with Gasteiger partial charge in [0, 0.05) is 5.69 Å². The normalized spacial score (nSPS) is 19.6. The van der Waals surface area contributed by atoms with Crippen LogP contribution in [0.1, 0.15) is 57.4 Å². The van der Waals surface area contributed by atoms with Crippen LogP contribution >= 0.6 is 0 Å². The molecule has 2 heteroatoms. The number of hydrogen-bond acceptors (Lipinski definition) is 2. The standard InChI is InChI=1S/C17H27NO/c1-2-3-4-5-6-11-17(19)16-13-12-14-9-7-8-10-15(14)18-16/h7-10,16-19H,2-6,11-13H2,1H3. The van der Waals surface area contributed by atoms with Crippen LogP contribution in [0.3, 0.4) is 0 Å². The molecular weight excluding hydrogens is 234 g/mol. The van der Waals surface area contributed by atoms with Gasteiger partial charge in [0.25, 0.3) is 0 Å². The van der Waals surface area contributed by atoms with Crippen molar-refractivity contribution in [3.63, 3.8) is 0 Å². The second-order valence-corrected chi connectivity index (χ2v) is 5.72. The lowest BCUT2D eigenvalue weighted by molar-refractivity contribution is 0.134. The van der Waals surface area contributed by atoms with Crippen LogP contribution in [0, 0.1) is 0 Å². The van der Waals surface area contributed by atoms with E-state index in [1.54, 1.807) is 0 Å². The third kappa shape index (κ3) is 4.24. The highest BCUT2D eigenvalue weighted by Gasteiger charge is 2.23. The Morgan fingerprint density at radius 3 is 2.84 bits per heavy atom. The van der Waals surface area contributed by atoms with E-state index in [2.05, 4.69) is 36.5 Å². The summed E-state index contributed by atoms with van der Waals surface area (Å²) in [5, 5.41) is 13.8. The molecule has 0 aromatic heterocycles. The second-order valence-electron chi connectivity index (χ2n) is 5.72. The molecule has 2 rings (SSSR count). The molecule has 0 aliphatic carbocycles. The SMILES string of the molecule is CCCCCCCC(O)C1CCc2ccccc2N1. The summed E-state index contributed by atoms with van der Waals surface area (Å²) < 4.78 is 0. The van der Waals surface area contributed by atoms with Crippen molar-refractivity contribution < 1.29 is 5.11 Å². The number of anilines is 1. The minimum absolute atomic E-state index is 0.199. The lowest BCUT2D eigenvalue weighted by Crippen LogP contribution is -2.36. The summed E-state index contributed by atoms with van der Waals surface area (Å²) in [6, 6.07) is 8.68. The molecule has 0 saturated heterocycles. The highest BCUT2D eigenvalue weighted by Crippen LogP contribution is 2.26. The first-order valence-electron chi connectivity index (χ1n) is 7.83. The monoisotopic (exact) mass is 261 g/mol. The van der Waals surface area contributed by atoms with Gasteiger partial charge >= 0.3 is 0 Å². The van der Waals surface area contributed by atoms with Gasteiger partial charge < -0.3 is 10.4 Å². The van der Waals surface area contributed by atoms with Crippen molar-refractivity contribution in [2.45, 2.75) is 70.4 Å². The molecule has 1 aliphatic rings. The van der Waals surface area contributed by atoms with Crippen LogP contribution in [0.4, 0.5) is 5.69 Å². The van der Waals surface area contributed by atoms with Crippen molar-refractivity contribution in [3.05, 3.63) is 29.8 Å². The number of nitrogens with one attached hydrogen (secondary N) is 1. The fourth-order valence-corrected chi connectivity index (χ4v) is 2.91. The van der Waals surface area contributed by atoms with Crippen LogP contribution in [-0.2, 0) is 6.42 Å². The van der Waals surface area contributed by atoms with Crippen molar-refractivity contribution in [3.8, 4) is 0 Å².